The highest BCUT2D eigenvalue weighted by Crippen LogP contribution is 2.65. The minimum atomic E-state index is -0.348. The highest BCUT2D eigenvalue weighted by atomic mass is 16.3. The minimum Gasteiger partial charge on any atom is -0.393 e. The smallest absolute Gasteiger partial charge is 0.226 e. The van der Waals surface area contributed by atoms with Gasteiger partial charge in [-0.3, -0.25) is 4.79 Å². The average Bonchev–Trinajstić information content (AvgIpc) is 2.23. The first-order chi connectivity index (χ1) is 9.30. The molecule has 0 aliphatic heterocycles. The Morgan fingerprint density at radius 1 is 1.25 bits per heavy atom. The Balaban J connectivity index is 1.71. The van der Waals surface area contributed by atoms with Crippen LogP contribution in [0.5, 0.6) is 0 Å². The molecule has 3 nitrogen and oxygen atoms in total. The summed E-state index contributed by atoms with van der Waals surface area (Å²) in [6.45, 7) is 6.19. The SMILES string of the molecule is CC(O)CC(C)NC(=O)C12CC3CC(CC(C)(C3)C1)C2. The van der Waals surface area contributed by atoms with E-state index in [1.807, 2.05) is 6.92 Å². The second kappa shape index (κ2) is 4.72. The summed E-state index contributed by atoms with van der Waals surface area (Å²) in [5.41, 5.74) is 0.320. The maximum Gasteiger partial charge on any atom is 0.226 e. The molecule has 0 aromatic heterocycles. The van der Waals surface area contributed by atoms with Crippen molar-refractivity contribution in [3.8, 4) is 0 Å². The first kappa shape index (κ1) is 14.4. The van der Waals surface area contributed by atoms with Gasteiger partial charge in [-0.15, -0.1) is 0 Å². The summed E-state index contributed by atoms with van der Waals surface area (Å²) in [4.78, 5) is 12.8. The number of aliphatic hydroxyl groups excluding tert-OH is 1. The van der Waals surface area contributed by atoms with E-state index in [1.54, 1.807) is 6.92 Å². The van der Waals surface area contributed by atoms with Crippen LogP contribution in [0.1, 0.15) is 65.7 Å². The fraction of sp³-hybridized carbons (Fsp3) is 0.941. The molecular weight excluding hydrogens is 250 g/mol. The third-order valence-electron chi connectivity index (χ3n) is 5.91. The zero-order valence-corrected chi connectivity index (χ0v) is 13.1. The van der Waals surface area contributed by atoms with E-state index in [1.165, 1.54) is 19.3 Å². The van der Waals surface area contributed by atoms with E-state index in [-0.39, 0.29) is 23.5 Å². The quantitative estimate of drug-likeness (QED) is 0.831. The summed E-state index contributed by atoms with van der Waals surface area (Å²) < 4.78 is 0. The van der Waals surface area contributed by atoms with Crippen molar-refractivity contribution in [3.63, 3.8) is 0 Å². The van der Waals surface area contributed by atoms with E-state index < -0.39 is 0 Å². The largest absolute Gasteiger partial charge is 0.393 e. The van der Waals surface area contributed by atoms with Gasteiger partial charge < -0.3 is 10.4 Å². The highest BCUT2D eigenvalue weighted by molar-refractivity contribution is 5.83. The molecule has 4 unspecified atom stereocenters. The number of amides is 1. The Kier molecular flexibility index (Phi) is 3.39. The molecule has 114 valence electrons. The van der Waals surface area contributed by atoms with E-state index in [0.29, 0.717) is 11.8 Å². The lowest BCUT2D eigenvalue weighted by Crippen LogP contribution is -2.57. The predicted molar refractivity (Wildman–Crippen MR) is 79.1 cm³/mol. The number of nitrogens with one attached hydrogen (secondary N) is 1. The lowest BCUT2D eigenvalue weighted by Gasteiger charge is -2.60. The van der Waals surface area contributed by atoms with Crippen LogP contribution in [-0.2, 0) is 4.79 Å². The van der Waals surface area contributed by atoms with Gasteiger partial charge in [-0.25, -0.2) is 0 Å². The molecular formula is C17H29NO2. The van der Waals surface area contributed by atoms with Crippen LogP contribution in [0, 0.1) is 22.7 Å². The van der Waals surface area contributed by atoms with Gasteiger partial charge in [-0.2, -0.15) is 0 Å². The van der Waals surface area contributed by atoms with Crippen LogP contribution in [0.15, 0.2) is 0 Å². The average molecular weight is 279 g/mol. The normalized spacial score (nSPS) is 45.2. The molecule has 2 N–H and O–H groups in total. The Hall–Kier alpha value is -0.570. The molecule has 20 heavy (non-hydrogen) atoms. The Morgan fingerprint density at radius 3 is 2.35 bits per heavy atom. The lowest BCUT2D eigenvalue weighted by molar-refractivity contribution is -0.156. The second-order valence-electron chi connectivity index (χ2n) is 8.51. The molecule has 0 aromatic carbocycles. The van der Waals surface area contributed by atoms with Crippen LogP contribution < -0.4 is 5.32 Å². The number of hydrogen-bond donors (Lipinski definition) is 2. The summed E-state index contributed by atoms with van der Waals surface area (Å²) in [6, 6.07) is 0.0725. The van der Waals surface area contributed by atoms with Gasteiger partial charge in [0.25, 0.3) is 0 Å². The number of carbonyl (C=O) groups excluding carboxylic acids is 1. The Morgan fingerprint density at radius 2 is 1.85 bits per heavy atom. The van der Waals surface area contributed by atoms with Crippen LogP contribution in [0.4, 0.5) is 0 Å². The molecule has 4 saturated carbocycles. The van der Waals surface area contributed by atoms with Crippen LogP contribution in [0.2, 0.25) is 0 Å². The van der Waals surface area contributed by atoms with Crippen LogP contribution in [0.25, 0.3) is 0 Å². The molecule has 0 spiro atoms. The zero-order valence-electron chi connectivity index (χ0n) is 13.1. The van der Waals surface area contributed by atoms with Crippen molar-refractivity contribution in [1.82, 2.24) is 5.32 Å². The van der Waals surface area contributed by atoms with Crippen molar-refractivity contribution < 1.29 is 9.90 Å². The molecule has 4 atom stereocenters. The molecule has 0 radical (unpaired) electrons. The van der Waals surface area contributed by atoms with Gasteiger partial charge in [0.05, 0.1) is 11.5 Å². The van der Waals surface area contributed by atoms with Gasteiger partial charge in [0.15, 0.2) is 0 Å². The number of hydrogen-bond acceptors (Lipinski definition) is 2. The first-order valence-electron chi connectivity index (χ1n) is 8.29. The summed E-state index contributed by atoms with van der Waals surface area (Å²) in [5, 5.41) is 12.6. The summed E-state index contributed by atoms with van der Waals surface area (Å²) in [7, 11) is 0. The Labute approximate surface area is 122 Å². The molecule has 0 heterocycles. The third kappa shape index (κ3) is 2.49. The monoisotopic (exact) mass is 279 g/mol. The number of aliphatic hydroxyl groups is 1. The molecule has 4 aliphatic carbocycles. The third-order valence-corrected chi connectivity index (χ3v) is 5.91. The van der Waals surface area contributed by atoms with E-state index in [4.69, 9.17) is 0 Å². The highest BCUT2D eigenvalue weighted by Gasteiger charge is 2.58. The standard InChI is InChI=1S/C17H29NO2/c1-11(4-12(2)19)18-15(20)17-8-13-5-14(9-17)7-16(3,6-13)10-17/h11-14,19H,4-10H2,1-3H3,(H,18,20). The Bertz CT molecular complexity index is 390. The summed E-state index contributed by atoms with van der Waals surface area (Å²) >= 11 is 0. The van der Waals surface area contributed by atoms with Crippen LogP contribution in [0.3, 0.4) is 0 Å². The van der Waals surface area contributed by atoms with Gasteiger partial charge >= 0.3 is 0 Å². The molecule has 0 aromatic rings. The van der Waals surface area contributed by atoms with Crippen LogP contribution in [-0.4, -0.2) is 23.2 Å². The van der Waals surface area contributed by atoms with Crippen molar-refractivity contribution in [2.45, 2.75) is 77.9 Å². The maximum atomic E-state index is 12.8. The van der Waals surface area contributed by atoms with Gasteiger partial charge in [0.2, 0.25) is 5.91 Å². The summed E-state index contributed by atoms with van der Waals surface area (Å²) in [6.07, 6.45) is 7.61. The predicted octanol–water partition coefficient (Wildman–Crippen LogP) is 2.87. The van der Waals surface area contributed by atoms with Gasteiger partial charge in [-0.1, -0.05) is 6.92 Å². The fourth-order valence-electron chi connectivity index (χ4n) is 5.93. The molecule has 4 fully saturated rings. The topological polar surface area (TPSA) is 49.3 Å². The molecule has 1 amide bonds. The van der Waals surface area contributed by atoms with Crippen molar-refractivity contribution in [2.75, 3.05) is 0 Å². The van der Waals surface area contributed by atoms with Gasteiger partial charge in [0.1, 0.15) is 0 Å². The van der Waals surface area contributed by atoms with Gasteiger partial charge in [0, 0.05) is 6.04 Å². The molecule has 4 rings (SSSR count). The molecule has 0 saturated heterocycles. The fourth-order valence-corrected chi connectivity index (χ4v) is 5.93. The van der Waals surface area contributed by atoms with Crippen molar-refractivity contribution in [3.05, 3.63) is 0 Å². The first-order valence-corrected chi connectivity index (χ1v) is 8.29. The minimum absolute atomic E-state index is 0.0725. The van der Waals surface area contributed by atoms with Gasteiger partial charge in [-0.05, 0) is 76.0 Å². The lowest BCUT2D eigenvalue weighted by atomic mass is 9.44. The van der Waals surface area contributed by atoms with E-state index >= 15 is 0 Å². The van der Waals surface area contributed by atoms with Crippen LogP contribution >= 0.6 is 0 Å². The zero-order chi connectivity index (χ0) is 14.5. The maximum absolute atomic E-state index is 12.8. The molecule has 4 bridgehead atoms. The number of rotatable bonds is 4. The second-order valence-corrected chi connectivity index (χ2v) is 8.51. The number of carbonyl (C=O) groups is 1. The van der Waals surface area contributed by atoms with Crippen molar-refractivity contribution in [2.24, 2.45) is 22.7 Å². The van der Waals surface area contributed by atoms with E-state index in [2.05, 4.69) is 12.2 Å². The van der Waals surface area contributed by atoms with Crippen molar-refractivity contribution in [1.29, 1.82) is 0 Å². The molecule has 3 heteroatoms. The summed E-state index contributed by atoms with van der Waals surface area (Å²) in [5.74, 6) is 1.82. The van der Waals surface area contributed by atoms with E-state index in [0.717, 1.165) is 31.1 Å². The van der Waals surface area contributed by atoms with Crippen molar-refractivity contribution >= 4 is 5.91 Å². The molecule has 4 aliphatic rings. The van der Waals surface area contributed by atoms with E-state index in [9.17, 15) is 9.90 Å².